The summed E-state index contributed by atoms with van der Waals surface area (Å²) in [5, 5.41) is 1.33. The number of piperidine rings is 1. The Balaban J connectivity index is 1.45. The third kappa shape index (κ3) is 4.11. The number of nitrogens with zero attached hydrogens (tertiary/aromatic N) is 4. The van der Waals surface area contributed by atoms with Crippen LogP contribution in [0.25, 0.3) is 27.7 Å². The molecule has 1 aliphatic heterocycles. The first kappa shape index (κ1) is 22.7. The topological polar surface area (TPSA) is 56.6 Å². The molecule has 6 nitrogen and oxygen atoms in total. The average molecular weight is 458 g/mol. The van der Waals surface area contributed by atoms with Crippen LogP contribution in [0.15, 0.2) is 42.9 Å². The van der Waals surface area contributed by atoms with Crippen LogP contribution in [0.3, 0.4) is 0 Å². The number of likely N-dealkylation sites (N-methyl/N-ethyl adjacent to an activating group) is 1. The van der Waals surface area contributed by atoms with Gasteiger partial charge in [-0.2, -0.15) is 0 Å². The standard InChI is InChI=1S/C28H35N5O/c1-18(2)27-24-14-21(20-8-10-32(11-9-20)16-26(34)31(4)5)6-7-25(24)30-28(27)22-12-19(3)33-17-29-15-23(33)13-22/h6-7,12-15,17-18,20,30H,8-11,16H2,1-5H3. The van der Waals surface area contributed by atoms with Crippen LogP contribution < -0.4 is 0 Å². The van der Waals surface area contributed by atoms with E-state index < -0.39 is 0 Å². The number of carbonyl (C=O) groups is 1. The quantitative estimate of drug-likeness (QED) is 0.449. The predicted molar refractivity (Wildman–Crippen MR) is 138 cm³/mol. The van der Waals surface area contributed by atoms with Crippen LogP contribution in [0.4, 0.5) is 0 Å². The van der Waals surface area contributed by atoms with Gasteiger partial charge in [0.2, 0.25) is 5.91 Å². The smallest absolute Gasteiger partial charge is 0.236 e. The molecule has 0 unspecified atom stereocenters. The first-order valence-electron chi connectivity index (χ1n) is 12.3. The third-order valence-corrected chi connectivity index (χ3v) is 7.36. The van der Waals surface area contributed by atoms with Crippen molar-refractivity contribution in [2.75, 3.05) is 33.7 Å². The zero-order valence-corrected chi connectivity index (χ0v) is 20.9. The van der Waals surface area contributed by atoms with Gasteiger partial charge in [0.05, 0.1) is 30.3 Å². The van der Waals surface area contributed by atoms with E-state index in [1.165, 1.54) is 39.0 Å². The monoisotopic (exact) mass is 457 g/mol. The van der Waals surface area contributed by atoms with Crippen LogP contribution in [-0.4, -0.2) is 63.8 Å². The number of hydrogen-bond donors (Lipinski definition) is 1. The van der Waals surface area contributed by atoms with Gasteiger partial charge in [0.1, 0.15) is 0 Å². The molecule has 1 N–H and O–H groups in total. The van der Waals surface area contributed by atoms with E-state index in [0.717, 1.165) is 31.4 Å². The number of amides is 1. The van der Waals surface area contributed by atoms with Crippen molar-refractivity contribution in [1.82, 2.24) is 24.2 Å². The van der Waals surface area contributed by atoms with E-state index in [-0.39, 0.29) is 5.91 Å². The molecule has 0 radical (unpaired) electrons. The van der Waals surface area contributed by atoms with E-state index >= 15 is 0 Å². The number of likely N-dealkylation sites (tertiary alicyclic amines) is 1. The molecule has 3 aromatic heterocycles. The average Bonchev–Trinajstić information content (AvgIpc) is 3.44. The highest BCUT2D eigenvalue weighted by molar-refractivity contribution is 5.92. The second kappa shape index (κ2) is 8.91. The zero-order chi connectivity index (χ0) is 24.0. The summed E-state index contributed by atoms with van der Waals surface area (Å²) in [6.07, 6.45) is 5.98. The van der Waals surface area contributed by atoms with Crippen molar-refractivity contribution >= 4 is 22.3 Å². The van der Waals surface area contributed by atoms with Crippen LogP contribution >= 0.6 is 0 Å². The van der Waals surface area contributed by atoms with Gasteiger partial charge in [0, 0.05) is 36.3 Å². The molecular formula is C28H35N5O. The molecule has 0 bridgehead atoms. The van der Waals surface area contributed by atoms with Gasteiger partial charge in [-0.3, -0.25) is 9.69 Å². The molecule has 0 atom stereocenters. The Hall–Kier alpha value is -3.12. The lowest BCUT2D eigenvalue weighted by Gasteiger charge is -2.32. The molecule has 0 aliphatic carbocycles. The van der Waals surface area contributed by atoms with E-state index in [1.54, 1.807) is 4.90 Å². The Kier molecular flexibility index (Phi) is 5.94. The summed E-state index contributed by atoms with van der Waals surface area (Å²) in [6.45, 7) is 9.17. The maximum absolute atomic E-state index is 12.1. The summed E-state index contributed by atoms with van der Waals surface area (Å²) in [6, 6.07) is 11.4. The molecule has 4 aromatic rings. The molecule has 4 heterocycles. The molecule has 1 amide bonds. The van der Waals surface area contributed by atoms with Crippen LogP contribution in [0.1, 0.15) is 55.3 Å². The molecule has 1 aliphatic rings. The number of carbonyl (C=O) groups excluding carboxylic acids is 1. The minimum Gasteiger partial charge on any atom is -0.354 e. The van der Waals surface area contributed by atoms with Crippen molar-refractivity contribution in [2.45, 2.75) is 45.4 Å². The number of H-pyrrole nitrogens is 1. The van der Waals surface area contributed by atoms with Crippen molar-refractivity contribution < 1.29 is 4.79 Å². The summed E-state index contributed by atoms with van der Waals surface area (Å²) in [5.41, 5.74) is 8.72. The molecule has 0 spiro atoms. The summed E-state index contributed by atoms with van der Waals surface area (Å²) in [5.74, 6) is 1.13. The molecule has 1 saturated heterocycles. The Labute approximate surface area is 201 Å². The lowest BCUT2D eigenvalue weighted by Crippen LogP contribution is -2.40. The number of hydrogen-bond acceptors (Lipinski definition) is 3. The minimum atomic E-state index is 0.186. The van der Waals surface area contributed by atoms with Crippen LogP contribution in [-0.2, 0) is 4.79 Å². The highest BCUT2D eigenvalue weighted by Gasteiger charge is 2.24. The van der Waals surface area contributed by atoms with E-state index in [2.05, 4.69) is 70.4 Å². The molecule has 6 heteroatoms. The van der Waals surface area contributed by atoms with Crippen LogP contribution in [0, 0.1) is 6.92 Å². The number of rotatable bonds is 5. The fourth-order valence-corrected chi connectivity index (χ4v) is 5.42. The maximum atomic E-state index is 12.1. The van der Waals surface area contributed by atoms with Crippen molar-refractivity contribution in [3.05, 3.63) is 59.7 Å². The Bertz CT molecular complexity index is 1340. The molecule has 34 heavy (non-hydrogen) atoms. The number of benzene rings is 1. The first-order valence-corrected chi connectivity index (χ1v) is 12.3. The van der Waals surface area contributed by atoms with Gasteiger partial charge >= 0.3 is 0 Å². The second-order valence-corrected chi connectivity index (χ2v) is 10.3. The number of pyridine rings is 1. The van der Waals surface area contributed by atoms with E-state index in [0.29, 0.717) is 18.4 Å². The summed E-state index contributed by atoms with van der Waals surface area (Å²) >= 11 is 0. The lowest BCUT2D eigenvalue weighted by atomic mass is 9.87. The predicted octanol–water partition coefficient (Wildman–Crippen LogP) is 5.18. The molecule has 1 aromatic carbocycles. The highest BCUT2D eigenvalue weighted by Crippen LogP contribution is 2.38. The van der Waals surface area contributed by atoms with Gasteiger partial charge in [0.25, 0.3) is 0 Å². The second-order valence-electron chi connectivity index (χ2n) is 10.3. The summed E-state index contributed by atoms with van der Waals surface area (Å²) < 4.78 is 2.12. The zero-order valence-electron chi connectivity index (χ0n) is 20.9. The Morgan fingerprint density at radius 2 is 1.94 bits per heavy atom. The van der Waals surface area contributed by atoms with E-state index in [4.69, 9.17) is 0 Å². The number of aromatic amines is 1. The largest absolute Gasteiger partial charge is 0.354 e. The van der Waals surface area contributed by atoms with Gasteiger partial charge in [0.15, 0.2) is 0 Å². The van der Waals surface area contributed by atoms with Gasteiger partial charge in [-0.1, -0.05) is 19.9 Å². The number of aryl methyl sites for hydroxylation is 1. The van der Waals surface area contributed by atoms with E-state index in [1.807, 2.05) is 26.6 Å². The van der Waals surface area contributed by atoms with Crippen molar-refractivity contribution in [2.24, 2.45) is 0 Å². The van der Waals surface area contributed by atoms with Crippen molar-refractivity contribution in [3.8, 4) is 11.3 Å². The van der Waals surface area contributed by atoms with Crippen molar-refractivity contribution in [3.63, 3.8) is 0 Å². The van der Waals surface area contributed by atoms with Crippen LogP contribution in [0.5, 0.6) is 0 Å². The summed E-state index contributed by atoms with van der Waals surface area (Å²) in [4.78, 5) is 24.1. The lowest BCUT2D eigenvalue weighted by molar-refractivity contribution is -0.130. The fourth-order valence-electron chi connectivity index (χ4n) is 5.42. The first-order chi connectivity index (χ1) is 16.3. The normalized spacial score (nSPS) is 15.6. The van der Waals surface area contributed by atoms with Crippen molar-refractivity contribution in [1.29, 1.82) is 0 Å². The van der Waals surface area contributed by atoms with Gasteiger partial charge < -0.3 is 14.3 Å². The molecular weight excluding hydrogens is 422 g/mol. The Morgan fingerprint density at radius 3 is 2.65 bits per heavy atom. The Morgan fingerprint density at radius 1 is 1.18 bits per heavy atom. The van der Waals surface area contributed by atoms with Gasteiger partial charge in [-0.15, -0.1) is 0 Å². The van der Waals surface area contributed by atoms with Crippen LogP contribution in [0.2, 0.25) is 0 Å². The molecule has 1 fully saturated rings. The number of imidazole rings is 1. The number of aromatic nitrogens is 3. The fraction of sp³-hybridized carbons (Fsp3) is 0.429. The minimum absolute atomic E-state index is 0.186. The third-order valence-electron chi connectivity index (χ3n) is 7.36. The molecule has 5 rings (SSSR count). The number of nitrogens with one attached hydrogen (secondary N) is 1. The summed E-state index contributed by atoms with van der Waals surface area (Å²) in [7, 11) is 3.66. The molecule has 0 saturated carbocycles. The number of fused-ring (bicyclic) bond motifs is 2. The van der Waals surface area contributed by atoms with Gasteiger partial charge in [-0.05, 0) is 80.1 Å². The highest BCUT2D eigenvalue weighted by atomic mass is 16.2. The van der Waals surface area contributed by atoms with Gasteiger partial charge in [-0.25, -0.2) is 4.98 Å². The molecule has 178 valence electrons. The maximum Gasteiger partial charge on any atom is 0.236 e. The SMILES string of the molecule is Cc1cc(-c2[nH]c3ccc(C4CCN(CC(=O)N(C)C)CC4)cc3c2C(C)C)cc2cncn12. The van der Waals surface area contributed by atoms with E-state index in [9.17, 15) is 4.79 Å².